The predicted octanol–water partition coefficient (Wildman–Crippen LogP) is 5.96. The predicted molar refractivity (Wildman–Crippen MR) is 96.9 cm³/mol. The van der Waals surface area contributed by atoms with Gasteiger partial charge < -0.3 is 5.32 Å². The molecule has 0 fully saturated rings. The molecule has 0 saturated heterocycles. The largest absolute Gasteiger partial charge is 0.381 e. The SMILES string of the molecule is C=C/C=C\C(=C/C)CNC(/C=C\C)=C/C=C.CC.CC. The van der Waals surface area contributed by atoms with Crippen LogP contribution >= 0.6 is 0 Å². The smallest absolute Gasteiger partial charge is 0.0397 e. The van der Waals surface area contributed by atoms with E-state index in [1.807, 2.05) is 71.9 Å². The zero-order valence-electron chi connectivity index (χ0n) is 14.2. The van der Waals surface area contributed by atoms with Gasteiger partial charge in [0.1, 0.15) is 0 Å². The molecule has 0 spiro atoms. The lowest BCUT2D eigenvalue weighted by molar-refractivity contribution is 0.908. The number of nitrogens with one attached hydrogen (secondary N) is 1. The van der Waals surface area contributed by atoms with E-state index in [4.69, 9.17) is 0 Å². The zero-order valence-corrected chi connectivity index (χ0v) is 14.2. The van der Waals surface area contributed by atoms with Crippen LogP contribution in [0.15, 0.2) is 73.0 Å². The van der Waals surface area contributed by atoms with E-state index >= 15 is 0 Å². The lowest BCUT2D eigenvalue weighted by Crippen LogP contribution is -2.14. The molecule has 0 unspecified atom stereocenters. The van der Waals surface area contributed by atoms with E-state index in [0.717, 1.165) is 12.2 Å². The van der Waals surface area contributed by atoms with E-state index in [1.165, 1.54) is 5.57 Å². The van der Waals surface area contributed by atoms with Gasteiger partial charge in [-0.15, -0.1) is 0 Å². The summed E-state index contributed by atoms with van der Waals surface area (Å²) in [5.74, 6) is 0. The van der Waals surface area contributed by atoms with E-state index in [0.29, 0.717) is 0 Å². The molecule has 1 N–H and O–H groups in total. The summed E-state index contributed by atoms with van der Waals surface area (Å²) in [6.07, 6.45) is 15.6. The van der Waals surface area contributed by atoms with Crippen LogP contribution < -0.4 is 5.32 Å². The monoisotopic (exact) mass is 275 g/mol. The molecule has 0 amide bonds. The fourth-order valence-electron chi connectivity index (χ4n) is 1.13. The van der Waals surface area contributed by atoms with Gasteiger partial charge in [0.25, 0.3) is 0 Å². The summed E-state index contributed by atoms with van der Waals surface area (Å²) in [6, 6.07) is 0. The second kappa shape index (κ2) is 22.4. The van der Waals surface area contributed by atoms with Gasteiger partial charge in [0.15, 0.2) is 0 Å². The molecule has 0 heterocycles. The van der Waals surface area contributed by atoms with Crippen molar-refractivity contribution in [3.63, 3.8) is 0 Å². The Labute approximate surface area is 127 Å². The highest BCUT2D eigenvalue weighted by atomic mass is 14.9. The van der Waals surface area contributed by atoms with E-state index in [1.54, 1.807) is 12.2 Å². The second-order valence-electron chi connectivity index (χ2n) is 3.17. The van der Waals surface area contributed by atoms with Gasteiger partial charge in [0.05, 0.1) is 0 Å². The highest BCUT2D eigenvalue weighted by Gasteiger charge is 1.92. The van der Waals surface area contributed by atoms with Gasteiger partial charge in [0.2, 0.25) is 0 Å². The van der Waals surface area contributed by atoms with Gasteiger partial charge in [-0.1, -0.05) is 77.3 Å². The van der Waals surface area contributed by atoms with E-state index in [2.05, 4.69) is 24.6 Å². The summed E-state index contributed by atoms with van der Waals surface area (Å²) < 4.78 is 0. The molecule has 0 rings (SSSR count). The highest BCUT2D eigenvalue weighted by molar-refractivity contribution is 5.26. The number of rotatable bonds is 7. The molecule has 114 valence electrons. The Hall–Kier alpha value is -1.76. The van der Waals surface area contributed by atoms with Gasteiger partial charge >= 0.3 is 0 Å². The summed E-state index contributed by atoms with van der Waals surface area (Å²) in [4.78, 5) is 0. The second-order valence-corrected chi connectivity index (χ2v) is 3.17. The molecule has 0 atom stereocenters. The van der Waals surface area contributed by atoms with Crippen LogP contribution in [-0.2, 0) is 0 Å². The van der Waals surface area contributed by atoms with Crippen molar-refractivity contribution in [2.75, 3.05) is 6.54 Å². The van der Waals surface area contributed by atoms with Gasteiger partial charge in [-0.05, 0) is 31.6 Å². The van der Waals surface area contributed by atoms with E-state index < -0.39 is 0 Å². The summed E-state index contributed by atoms with van der Waals surface area (Å²) in [7, 11) is 0. The van der Waals surface area contributed by atoms with Gasteiger partial charge in [-0.3, -0.25) is 0 Å². The summed E-state index contributed by atoms with van der Waals surface area (Å²) >= 11 is 0. The minimum Gasteiger partial charge on any atom is -0.381 e. The first-order valence-corrected chi connectivity index (χ1v) is 7.42. The minimum atomic E-state index is 0.796. The summed E-state index contributed by atoms with van der Waals surface area (Å²) in [6.45, 7) is 20.2. The van der Waals surface area contributed by atoms with E-state index in [-0.39, 0.29) is 0 Å². The van der Waals surface area contributed by atoms with Crippen LogP contribution in [0.1, 0.15) is 41.5 Å². The maximum Gasteiger partial charge on any atom is 0.0397 e. The lowest BCUT2D eigenvalue weighted by atomic mass is 10.2. The molecular weight excluding hydrogens is 242 g/mol. The molecule has 0 aliphatic rings. The average molecular weight is 275 g/mol. The maximum absolute atomic E-state index is 3.69. The number of hydrogen-bond donors (Lipinski definition) is 1. The van der Waals surface area contributed by atoms with Crippen molar-refractivity contribution in [2.24, 2.45) is 0 Å². The Bertz CT molecular complexity index is 328. The standard InChI is InChI=1S/C15H21N.2C2H6/c1-5-9-12-14(8-4)13-16-15(10-6-2)11-7-3;2*1-2/h5-12,16H,1-2,13H2,3-4H3;2*1-2H3/b11-7-,12-9-,14-8+,15-10+;;. The Morgan fingerprint density at radius 2 is 1.55 bits per heavy atom. The van der Waals surface area contributed by atoms with Crippen molar-refractivity contribution in [1.29, 1.82) is 0 Å². The minimum absolute atomic E-state index is 0.796. The van der Waals surface area contributed by atoms with Gasteiger partial charge in [-0.2, -0.15) is 0 Å². The first-order valence-electron chi connectivity index (χ1n) is 7.42. The van der Waals surface area contributed by atoms with Crippen molar-refractivity contribution >= 4 is 0 Å². The highest BCUT2D eigenvalue weighted by Crippen LogP contribution is 1.99. The third-order valence-corrected chi connectivity index (χ3v) is 1.96. The summed E-state index contributed by atoms with van der Waals surface area (Å²) in [5, 5.41) is 3.33. The van der Waals surface area contributed by atoms with Crippen LogP contribution in [-0.4, -0.2) is 6.54 Å². The van der Waals surface area contributed by atoms with Crippen LogP contribution in [0.4, 0.5) is 0 Å². The van der Waals surface area contributed by atoms with Crippen molar-refractivity contribution in [1.82, 2.24) is 5.32 Å². The molecule has 0 aromatic rings. The average Bonchev–Trinajstić information content (AvgIpc) is 2.52. The molecule has 0 aromatic carbocycles. The molecule has 0 bridgehead atoms. The third kappa shape index (κ3) is 16.2. The van der Waals surface area contributed by atoms with Gasteiger partial charge in [0, 0.05) is 12.2 Å². The quantitative estimate of drug-likeness (QED) is 0.565. The first kappa shape index (κ1) is 23.3. The fourth-order valence-corrected chi connectivity index (χ4v) is 1.13. The zero-order chi connectivity index (χ0) is 16.2. The van der Waals surface area contributed by atoms with E-state index in [9.17, 15) is 0 Å². The lowest BCUT2D eigenvalue weighted by Gasteiger charge is -2.07. The Kier molecular flexibility index (Phi) is 26.2. The Morgan fingerprint density at radius 1 is 0.950 bits per heavy atom. The molecule has 0 aliphatic carbocycles. The topological polar surface area (TPSA) is 12.0 Å². The molecular formula is C19H33N. The van der Waals surface area contributed by atoms with Gasteiger partial charge in [-0.25, -0.2) is 0 Å². The normalized spacial score (nSPS) is 11.3. The van der Waals surface area contributed by atoms with Crippen molar-refractivity contribution < 1.29 is 0 Å². The van der Waals surface area contributed by atoms with Crippen LogP contribution in [0.3, 0.4) is 0 Å². The number of allylic oxidation sites excluding steroid dienone is 7. The number of hydrogen-bond acceptors (Lipinski definition) is 1. The Morgan fingerprint density at radius 3 is 1.95 bits per heavy atom. The maximum atomic E-state index is 3.69. The molecule has 0 saturated carbocycles. The van der Waals surface area contributed by atoms with Crippen molar-refractivity contribution in [3.8, 4) is 0 Å². The van der Waals surface area contributed by atoms with Crippen LogP contribution in [0.5, 0.6) is 0 Å². The van der Waals surface area contributed by atoms with Crippen LogP contribution in [0.25, 0.3) is 0 Å². The Balaban J connectivity index is -0.000000656. The molecule has 0 radical (unpaired) electrons. The molecule has 20 heavy (non-hydrogen) atoms. The molecule has 0 aromatic heterocycles. The first-order chi connectivity index (χ1) is 9.78. The molecule has 1 heteroatoms. The summed E-state index contributed by atoms with van der Waals surface area (Å²) in [5.41, 5.74) is 2.28. The van der Waals surface area contributed by atoms with Crippen molar-refractivity contribution in [2.45, 2.75) is 41.5 Å². The third-order valence-electron chi connectivity index (χ3n) is 1.96. The van der Waals surface area contributed by atoms with Crippen LogP contribution in [0.2, 0.25) is 0 Å². The van der Waals surface area contributed by atoms with Crippen molar-refractivity contribution in [3.05, 3.63) is 73.0 Å². The fraction of sp³-hybridized carbons (Fsp3) is 0.368. The molecule has 0 aliphatic heterocycles. The van der Waals surface area contributed by atoms with Crippen LogP contribution in [0, 0.1) is 0 Å². The molecule has 1 nitrogen and oxygen atoms in total.